The van der Waals surface area contributed by atoms with Gasteiger partial charge in [-0.3, -0.25) is 0 Å². The van der Waals surface area contributed by atoms with E-state index in [1.54, 1.807) is 12.1 Å². The van der Waals surface area contributed by atoms with Crippen LogP contribution in [0.25, 0.3) is 0 Å². The minimum atomic E-state index is -3.48. The first kappa shape index (κ1) is 16.2. The average molecular weight is 305 g/mol. The van der Waals surface area contributed by atoms with Crippen LogP contribution in [0.2, 0.25) is 0 Å². The van der Waals surface area contributed by atoms with Gasteiger partial charge in [0.2, 0.25) is 0 Å². The van der Waals surface area contributed by atoms with Crippen LogP contribution in [0.15, 0.2) is 34.9 Å². The number of ether oxygens (including phenoxy) is 1. The summed E-state index contributed by atoms with van der Waals surface area (Å²) in [6.07, 6.45) is 2.13. The highest BCUT2D eigenvalue weighted by Gasteiger charge is 2.16. The molecule has 0 aliphatic carbocycles. The number of nitrogens with one attached hydrogen (secondary N) is 1. The fraction of sp³-hybridized carbons (Fsp3) is 0.154. The van der Waals surface area contributed by atoms with E-state index in [9.17, 15) is 13.2 Å². The Bertz CT molecular complexity index is 767. The summed E-state index contributed by atoms with van der Waals surface area (Å²) in [6, 6.07) is 7.11. The van der Waals surface area contributed by atoms with Crippen LogP contribution in [-0.4, -0.2) is 27.8 Å². The summed E-state index contributed by atoms with van der Waals surface area (Å²) in [5.41, 5.74) is 0.00200. The van der Waals surface area contributed by atoms with Gasteiger partial charge in [-0.25, -0.2) is 13.2 Å². The number of nitriles is 2. The molecule has 1 rings (SSSR count). The number of allylic oxidation sites excluding steroid dienone is 1. The number of hydrogen-bond donors (Lipinski definition) is 1. The number of sulfone groups is 1. The fourth-order valence-corrected chi connectivity index (χ4v) is 2.05. The predicted molar refractivity (Wildman–Crippen MR) is 73.8 cm³/mol. The van der Waals surface area contributed by atoms with Crippen LogP contribution in [-0.2, 0) is 14.6 Å². The Balaban J connectivity index is 3.34. The molecule has 1 N–H and O–H groups in total. The molecule has 0 aromatic heterocycles. The monoisotopic (exact) mass is 305 g/mol. The minimum absolute atomic E-state index is 0.0214. The second kappa shape index (κ2) is 6.55. The standard InChI is InChI=1S/C13H11N3O4S/c1-20-13(17)11-5-10(21(2,18)19)3-4-12(11)16-8-9(6-14)7-15/h3-5,8,16H,1-2H3. The topological polar surface area (TPSA) is 120 Å². The lowest BCUT2D eigenvalue weighted by atomic mass is 10.2. The highest BCUT2D eigenvalue weighted by atomic mass is 32.2. The zero-order valence-electron chi connectivity index (χ0n) is 11.2. The van der Waals surface area contributed by atoms with E-state index in [1.165, 1.54) is 12.1 Å². The zero-order valence-corrected chi connectivity index (χ0v) is 12.1. The van der Waals surface area contributed by atoms with Gasteiger partial charge >= 0.3 is 5.97 Å². The van der Waals surface area contributed by atoms with Crippen molar-refractivity contribution in [1.29, 1.82) is 10.5 Å². The number of rotatable bonds is 4. The molecule has 0 saturated heterocycles. The zero-order chi connectivity index (χ0) is 16.0. The largest absolute Gasteiger partial charge is 0.465 e. The van der Waals surface area contributed by atoms with Crippen molar-refractivity contribution < 1.29 is 17.9 Å². The van der Waals surface area contributed by atoms with Crippen molar-refractivity contribution in [2.45, 2.75) is 4.90 Å². The maximum absolute atomic E-state index is 11.7. The number of hydrogen-bond acceptors (Lipinski definition) is 7. The molecule has 0 heterocycles. The van der Waals surface area contributed by atoms with E-state index < -0.39 is 15.8 Å². The summed E-state index contributed by atoms with van der Waals surface area (Å²) in [4.78, 5) is 11.6. The van der Waals surface area contributed by atoms with Crippen LogP contribution >= 0.6 is 0 Å². The first-order valence-corrected chi connectivity index (χ1v) is 7.42. The molecular formula is C13H11N3O4S. The Labute approximate surface area is 122 Å². The number of carbonyl (C=O) groups excluding carboxylic acids is 1. The summed E-state index contributed by atoms with van der Waals surface area (Å²) in [5, 5.41) is 19.9. The number of esters is 1. The molecular weight excluding hydrogens is 294 g/mol. The molecule has 1 aromatic rings. The van der Waals surface area contributed by atoms with E-state index in [-0.39, 0.29) is 21.7 Å². The predicted octanol–water partition coefficient (Wildman–Crippen LogP) is 1.22. The SMILES string of the molecule is COC(=O)c1cc(S(C)(=O)=O)ccc1NC=C(C#N)C#N. The fourth-order valence-electron chi connectivity index (χ4n) is 1.40. The Morgan fingerprint density at radius 1 is 1.33 bits per heavy atom. The van der Waals surface area contributed by atoms with Gasteiger partial charge < -0.3 is 10.1 Å². The first-order chi connectivity index (χ1) is 9.83. The van der Waals surface area contributed by atoms with Gasteiger partial charge in [-0.15, -0.1) is 0 Å². The molecule has 7 nitrogen and oxygen atoms in total. The normalized spacial score (nSPS) is 9.90. The quantitative estimate of drug-likeness (QED) is 0.655. The molecule has 0 radical (unpaired) electrons. The van der Waals surface area contributed by atoms with Crippen LogP contribution in [0.3, 0.4) is 0 Å². The molecule has 0 spiro atoms. The molecule has 0 saturated carbocycles. The maximum atomic E-state index is 11.7. The average Bonchev–Trinajstić information content (AvgIpc) is 2.46. The highest BCUT2D eigenvalue weighted by Crippen LogP contribution is 2.21. The second-order valence-corrected chi connectivity index (χ2v) is 5.91. The van der Waals surface area contributed by atoms with Crippen LogP contribution in [0, 0.1) is 22.7 Å². The smallest absolute Gasteiger partial charge is 0.340 e. The Hall–Kier alpha value is -2.84. The molecule has 0 atom stereocenters. The summed E-state index contributed by atoms with van der Waals surface area (Å²) >= 11 is 0. The van der Waals surface area contributed by atoms with Gasteiger partial charge in [0.05, 0.1) is 23.3 Å². The second-order valence-electron chi connectivity index (χ2n) is 3.90. The van der Waals surface area contributed by atoms with E-state index in [4.69, 9.17) is 10.5 Å². The molecule has 0 aliphatic rings. The maximum Gasteiger partial charge on any atom is 0.340 e. The summed E-state index contributed by atoms with van der Waals surface area (Å²) in [6.45, 7) is 0. The number of methoxy groups -OCH3 is 1. The van der Waals surface area contributed by atoms with E-state index in [2.05, 4.69) is 10.1 Å². The molecule has 0 amide bonds. The molecule has 8 heteroatoms. The van der Waals surface area contributed by atoms with Crippen molar-refractivity contribution in [1.82, 2.24) is 0 Å². The molecule has 108 valence electrons. The van der Waals surface area contributed by atoms with Crippen LogP contribution in [0.5, 0.6) is 0 Å². The van der Waals surface area contributed by atoms with E-state index in [1.807, 2.05) is 0 Å². The van der Waals surface area contributed by atoms with Crippen molar-refractivity contribution >= 4 is 21.5 Å². The van der Waals surface area contributed by atoms with Crippen LogP contribution in [0.1, 0.15) is 10.4 Å². The van der Waals surface area contributed by atoms with Gasteiger partial charge in [-0.05, 0) is 18.2 Å². The molecule has 0 fully saturated rings. The minimum Gasteiger partial charge on any atom is -0.465 e. The van der Waals surface area contributed by atoms with Crippen molar-refractivity contribution in [3.05, 3.63) is 35.5 Å². The lowest BCUT2D eigenvalue weighted by Gasteiger charge is -2.09. The van der Waals surface area contributed by atoms with Crippen LogP contribution in [0.4, 0.5) is 5.69 Å². The summed E-state index contributed by atoms with van der Waals surface area (Å²) in [5.74, 6) is -0.744. The van der Waals surface area contributed by atoms with Crippen LogP contribution < -0.4 is 5.32 Å². The van der Waals surface area contributed by atoms with Gasteiger partial charge in [0, 0.05) is 12.5 Å². The van der Waals surface area contributed by atoms with Gasteiger partial charge in [0.25, 0.3) is 0 Å². The highest BCUT2D eigenvalue weighted by molar-refractivity contribution is 7.90. The molecule has 0 unspecified atom stereocenters. The van der Waals surface area contributed by atoms with Gasteiger partial charge in [0.15, 0.2) is 9.84 Å². The number of anilines is 1. The third kappa shape index (κ3) is 4.06. The third-order valence-electron chi connectivity index (χ3n) is 2.44. The summed E-state index contributed by atoms with van der Waals surface area (Å²) < 4.78 is 27.6. The summed E-state index contributed by atoms with van der Waals surface area (Å²) in [7, 11) is -2.32. The number of carbonyl (C=O) groups is 1. The first-order valence-electron chi connectivity index (χ1n) is 5.52. The van der Waals surface area contributed by atoms with Crippen molar-refractivity contribution in [2.75, 3.05) is 18.7 Å². The lowest BCUT2D eigenvalue weighted by molar-refractivity contribution is 0.0601. The lowest BCUT2D eigenvalue weighted by Crippen LogP contribution is -2.08. The molecule has 0 aliphatic heterocycles. The number of nitrogens with zero attached hydrogens (tertiary/aromatic N) is 2. The Morgan fingerprint density at radius 3 is 2.43 bits per heavy atom. The van der Waals surface area contributed by atoms with E-state index in [0.717, 1.165) is 25.6 Å². The molecule has 1 aromatic carbocycles. The number of benzene rings is 1. The van der Waals surface area contributed by atoms with E-state index >= 15 is 0 Å². The van der Waals surface area contributed by atoms with Gasteiger partial charge in [0.1, 0.15) is 17.7 Å². The van der Waals surface area contributed by atoms with E-state index in [0.29, 0.717) is 0 Å². The van der Waals surface area contributed by atoms with Crippen molar-refractivity contribution in [3.8, 4) is 12.1 Å². The Kier molecular flexibility index (Phi) is 5.06. The Morgan fingerprint density at radius 2 is 1.95 bits per heavy atom. The molecule has 0 bridgehead atoms. The van der Waals surface area contributed by atoms with Crippen molar-refractivity contribution in [2.24, 2.45) is 0 Å². The van der Waals surface area contributed by atoms with Gasteiger partial charge in [-0.2, -0.15) is 10.5 Å². The third-order valence-corrected chi connectivity index (χ3v) is 3.55. The molecule has 21 heavy (non-hydrogen) atoms. The van der Waals surface area contributed by atoms with Crippen molar-refractivity contribution in [3.63, 3.8) is 0 Å². The van der Waals surface area contributed by atoms with Gasteiger partial charge in [-0.1, -0.05) is 0 Å².